The Morgan fingerprint density at radius 1 is 1.32 bits per heavy atom. The number of para-hydroxylation sites is 1. The van der Waals surface area contributed by atoms with E-state index in [1.54, 1.807) is 0 Å². The number of hydrogen-bond acceptors (Lipinski definition) is 4. The predicted octanol–water partition coefficient (Wildman–Crippen LogP) is 1.47. The second-order valence-electron chi connectivity index (χ2n) is 6.47. The zero-order chi connectivity index (χ0) is 15.7. The summed E-state index contributed by atoms with van der Waals surface area (Å²) in [4.78, 5) is 15.9. The van der Waals surface area contributed by atoms with Crippen LogP contribution in [-0.4, -0.2) is 44.9 Å². The van der Waals surface area contributed by atoms with Crippen molar-refractivity contribution >= 4 is 5.91 Å². The molecule has 1 unspecified atom stereocenters. The van der Waals surface area contributed by atoms with Crippen LogP contribution in [0.3, 0.4) is 0 Å². The van der Waals surface area contributed by atoms with Gasteiger partial charge in [-0.05, 0) is 24.0 Å². The van der Waals surface area contributed by atoms with Crippen molar-refractivity contribution in [3.05, 3.63) is 42.2 Å². The lowest BCUT2D eigenvalue weighted by atomic mass is 9.79. The van der Waals surface area contributed by atoms with Crippen LogP contribution in [0.25, 0.3) is 5.69 Å². The van der Waals surface area contributed by atoms with Crippen LogP contribution >= 0.6 is 0 Å². The Morgan fingerprint density at radius 3 is 2.73 bits per heavy atom. The highest BCUT2D eigenvalue weighted by atomic mass is 16.2. The minimum Gasteiger partial charge on any atom is -0.337 e. The SMILES string of the molecule is CC1(C)CN(C(=O)c2cnn(-c3ccccc3)n2)CCC1N. The zero-order valence-electron chi connectivity index (χ0n) is 12.9. The molecule has 2 aromatic rings. The molecule has 22 heavy (non-hydrogen) atoms. The molecule has 6 nitrogen and oxygen atoms in total. The molecule has 3 rings (SSSR count). The van der Waals surface area contributed by atoms with Gasteiger partial charge in [-0.1, -0.05) is 32.0 Å². The number of benzene rings is 1. The Bertz CT molecular complexity index is 664. The van der Waals surface area contributed by atoms with Gasteiger partial charge in [-0.2, -0.15) is 9.90 Å². The molecule has 0 spiro atoms. The first-order chi connectivity index (χ1) is 10.5. The van der Waals surface area contributed by atoms with Crippen LogP contribution in [0.4, 0.5) is 0 Å². The van der Waals surface area contributed by atoms with Crippen molar-refractivity contribution in [3.63, 3.8) is 0 Å². The van der Waals surface area contributed by atoms with E-state index in [2.05, 4.69) is 24.0 Å². The molecule has 1 atom stereocenters. The van der Waals surface area contributed by atoms with Crippen LogP contribution < -0.4 is 5.73 Å². The van der Waals surface area contributed by atoms with Gasteiger partial charge >= 0.3 is 0 Å². The molecule has 1 aromatic heterocycles. The lowest BCUT2D eigenvalue weighted by Gasteiger charge is -2.42. The lowest BCUT2D eigenvalue weighted by molar-refractivity contribution is 0.0527. The summed E-state index contributed by atoms with van der Waals surface area (Å²) < 4.78 is 0. The smallest absolute Gasteiger partial charge is 0.276 e. The molecule has 1 fully saturated rings. The Kier molecular flexibility index (Phi) is 3.70. The third-order valence-corrected chi connectivity index (χ3v) is 4.30. The first-order valence-corrected chi connectivity index (χ1v) is 7.50. The third-order valence-electron chi connectivity index (χ3n) is 4.30. The lowest BCUT2D eigenvalue weighted by Crippen LogP contribution is -2.54. The second kappa shape index (κ2) is 5.53. The van der Waals surface area contributed by atoms with Crippen LogP contribution in [0.1, 0.15) is 30.8 Å². The van der Waals surface area contributed by atoms with E-state index < -0.39 is 0 Å². The summed E-state index contributed by atoms with van der Waals surface area (Å²) in [6.07, 6.45) is 2.34. The Labute approximate surface area is 129 Å². The van der Waals surface area contributed by atoms with Crippen molar-refractivity contribution in [2.45, 2.75) is 26.3 Å². The van der Waals surface area contributed by atoms with Crippen molar-refractivity contribution in [1.82, 2.24) is 19.9 Å². The first-order valence-electron chi connectivity index (χ1n) is 7.50. The van der Waals surface area contributed by atoms with Crippen molar-refractivity contribution in [1.29, 1.82) is 0 Å². The van der Waals surface area contributed by atoms with E-state index in [9.17, 15) is 4.79 Å². The van der Waals surface area contributed by atoms with Crippen LogP contribution in [0, 0.1) is 5.41 Å². The molecule has 6 heteroatoms. The highest BCUT2D eigenvalue weighted by Crippen LogP contribution is 2.28. The summed E-state index contributed by atoms with van der Waals surface area (Å²) in [5, 5.41) is 8.49. The molecule has 1 amide bonds. The number of nitrogens with two attached hydrogens (primary N) is 1. The molecule has 1 aliphatic heterocycles. The standard InChI is InChI=1S/C16H21N5O/c1-16(2)11-20(9-8-14(16)17)15(22)13-10-18-21(19-13)12-6-4-3-5-7-12/h3-7,10,14H,8-9,11,17H2,1-2H3. The van der Waals surface area contributed by atoms with E-state index in [-0.39, 0.29) is 17.4 Å². The Morgan fingerprint density at radius 2 is 2.05 bits per heavy atom. The van der Waals surface area contributed by atoms with E-state index in [1.807, 2.05) is 35.2 Å². The number of carbonyl (C=O) groups excluding carboxylic acids is 1. The summed E-state index contributed by atoms with van der Waals surface area (Å²) in [6, 6.07) is 9.67. The van der Waals surface area contributed by atoms with Crippen LogP contribution in [0.15, 0.2) is 36.5 Å². The highest BCUT2D eigenvalue weighted by Gasteiger charge is 2.36. The molecule has 2 heterocycles. The second-order valence-corrected chi connectivity index (χ2v) is 6.47. The maximum absolute atomic E-state index is 12.6. The molecular formula is C16H21N5O. The molecule has 0 saturated carbocycles. The third kappa shape index (κ3) is 2.74. The highest BCUT2D eigenvalue weighted by molar-refractivity contribution is 5.92. The normalized spacial score (nSPS) is 20.9. The van der Waals surface area contributed by atoms with Crippen molar-refractivity contribution in [3.8, 4) is 5.69 Å². The summed E-state index contributed by atoms with van der Waals surface area (Å²) >= 11 is 0. The number of likely N-dealkylation sites (tertiary alicyclic amines) is 1. The number of aromatic nitrogens is 3. The summed E-state index contributed by atoms with van der Waals surface area (Å²) in [7, 11) is 0. The maximum atomic E-state index is 12.6. The summed E-state index contributed by atoms with van der Waals surface area (Å²) in [6.45, 7) is 5.50. The molecule has 1 aliphatic rings. The van der Waals surface area contributed by atoms with Gasteiger partial charge in [-0.15, -0.1) is 5.10 Å². The molecule has 2 N–H and O–H groups in total. The maximum Gasteiger partial charge on any atom is 0.276 e. The zero-order valence-corrected chi connectivity index (χ0v) is 12.9. The topological polar surface area (TPSA) is 77.0 Å². The van der Waals surface area contributed by atoms with Crippen LogP contribution in [0.5, 0.6) is 0 Å². The minimum absolute atomic E-state index is 0.0800. The van der Waals surface area contributed by atoms with Gasteiger partial charge in [0.05, 0.1) is 11.9 Å². The van der Waals surface area contributed by atoms with Gasteiger partial charge in [-0.3, -0.25) is 4.79 Å². The Balaban J connectivity index is 1.78. The average molecular weight is 299 g/mol. The molecule has 1 aromatic carbocycles. The number of amides is 1. The minimum atomic E-state index is -0.0813. The molecule has 0 radical (unpaired) electrons. The fraction of sp³-hybridized carbons (Fsp3) is 0.438. The van der Waals surface area contributed by atoms with Crippen LogP contribution in [0.2, 0.25) is 0 Å². The number of nitrogens with zero attached hydrogens (tertiary/aromatic N) is 4. The summed E-state index contributed by atoms with van der Waals surface area (Å²) in [5.41, 5.74) is 7.25. The summed E-state index contributed by atoms with van der Waals surface area (Å²) in [5.74, 6) is -0.0813. The number of carbonyl (C=O) groups is 1. The van der Waals surface area contributed by atoms with E-state index >= 15 is 0 Å². The van der Waals surface area contributed by atoms with Crippen molar-refractivity contribution in [2.75, 3.05) is 13.1 Å². The predicted molar refractivity (Wildman–Crippen MR) is 83.6 cm³/mol. The number of piperidine rings is 1. The average Bonchev–Trinajstić information content (AvgIpc) is 3.00. The van der Waals surface area contributed by atoms with Gasteiger partial charge in [0.15, 0.2) is 5.69 Å². The van der Waals surface area contributed by atoms with Crippen LogP contribution in [-0.2, 0) is 0 Å². The fourth-order valence-corrected chi connectivity index (χ4v) is 2.76. The van der Waals surface area contributed by atoms with Crippen molar-refractivity contribution < 1.29 is 4.79 Å². The van der Waals surface area contributed by atoms with Gasteiger partial charge in [-0.25, -0.2) is 0 Å². The number of hydrogen-bond donors (Lipinski definition) is 1. The van der Waals surface area contributed by atoms with Gasteiger partial charge in [0.1, 0.15) is 0 Å². The number of rotatable bonds is 2. The monoisotopic (exact) mass is 299 g/mol. The van der Waals surface area contributed by atoms with E-state index in [0.29, 0.717) is 18.8 Å². The molecule has 0 bridgehead atoms. The first kappa shape index (κ1) is 14.7. The molecule has 1 saturated heterocycles. The molecule has 0 aliphatic carbocycles. The van der Waals surface area contributed by atoms with E-state index in [4.69, 9.17) is 5.73 Å². The van der Waals surface area contributed by atoms with Gasteiger partial charge in [0, 0.05) is 19.1 Å². The van der Waals surface area contributed by atoms with Crippen molar-refractivity contribution in [2.24, 2.45) is 11.1 Å². The van der Waals surface area contributed by atoms with E-state index in [1.165, 1.54) is 11.0 Å². The molecule has 116 valence electrons. The quantitative estimate of drug-likeness (QED) is 0.911. The largest absolute Gasteiger partial charge is 0.337 e. The molecular weight excluding hydrogens is 278 g/mol. The van der Waals surface area contributed by atoms with Gasteiger partial charge < -0.3 is 10.6 Å². The Hall–Kier alpha value is -2.21. The van der Waals surface area contributed by atoms with Gasteiger partial charge in [0.2, 0.25) is 0 Å². The fourth-order valence-electron chi connectivity index (χ4n) is 2.76. The van der Waals surface area contributed by atoms with E-state index in [0.717, 1.165) is 12.1 Å². The van der Waals surface area contributed by atoms with Gasteiger partial charge in [0.25, 0.3) is 5.91 Å².